The van der Waals surface area contributed by atoms with Crippen molar-refractivity contribution in [3.05, 3.63) is 0 Å². The van der Waals surface area contributed by atoms with Crippen LogP contribution in [0.3, 0.4) is 0 Å². The summed E-state index contributed by atoms with van der Waals surface area (Å²) in [4.78, 5) is 12.9. The summed E-state index contributed by atoms with van der Waals surface area (Å²) in [7, 11) is 0. The molecule has 0 amide bonds. The monoisotopic (exact) mass is 378 g/mol. The predicted octanol–water partition coefficient (Wildman–Crippen LogP) is 5.27. The molecule has 0 aromatic carbocycles. The molecule has 3 fully saturated rings. The number of unbranched alkanes of at least 4 members (excludes halogenated alkanes) is 3. The topological polar surface area (TPSA) is 57.5 Å². The van der Waals surface area contributed by atoms with E-state index in [9.17, 15) is 15.0 Å². The molecule has 6 atom stereocenters. The first-order valence-corrected chi connectivity index (χ1v) is 11.9. The fourth-order valence-electron chi connectivity index (χ4n) is 6.65. The number of carbonyl (C=O) groups is 1. The Morgan fingerprint density at radius 2 is 1.81 bits per heavy atom. The Kier molecular flexibility index (Phi) is 7.41. The molecule has 0 aromatic heterocycles. The Morgan fingerprint density at radius 3 is 2.52 bits per heavy atom. The number of carbonyl (C=O) groups excluding carboxylic acids is 1. The van der Waals surface area contributed by atoms with Crippen LogP contribution in [0.5, 0.6) is 0 Å². The predicted molar refractivity (Wildman–Crippen MR) is 109 cm³/mol. The Labute approximate surface area is 166 Å². The first kappa shape index (κ1) is 21.3. The third-order valence-corrected chi connectivity index (χ3v) is 8.34. The van der Waals surface area contributed by atoms with Crippen molar-refractivity contribution in [3.8, 4) is 0 Å². The van der Waals surface area contributed by atoms with Crippen LogP contribution in [0.25, 0.3) is 0 Å². The molecule has 3 heteroatoms. The fraction of sp³-hybridized carbons (Fsp3) is 0.958. The van der Waals surface area contributed by atoms with Crippen LogP contribution in [0, 0.1) is 29.1 Å². The van der Waals surface area contributed by atoms with E-state index in [1.165, 1.54) is 38.5 Å². The van der Waals surface area contributed by atoms with Crippen LogP contribution in [0.1, 0.15) is 104 Å². The van der Waals surface area contributed by atoms with Crippen LogP contribution >= 0.6 is 0 Å². The van der Waals surface area contributed by atoms with Crippen molar-refractivity contribution in [1.29, 1.82) is 0 Å². The van der Waals surface area contributed by atoms with Gasteiger partial charge in [0.25, 0.3) is 0 Å². The minimum absolute atomic E-state index is 0.165. The maximum absolute atomic E-state index is 12.9. The van der Waals surface area contributed by atoms with Gasteiger partial charge in [0.1, 0.15) is 5.78 Å². The molecule has 0 spiro atoms. The highest BCUT2D eigenvalue weighted by molar-refractivity contribution is 5.93. The normalized spacial score (nSPS) is 38.3. The number of Topliss-reactive ketones (excluding diaryl/α,β-unsaturated/α-hetero) is 1. The van der Waals surface area contributed by atoms with E-state index in [4.69, 9.17) is 0 Å². The van der Waals surface area contributed by atoms with E-state index >= 15 is 0 Å². The van der Waals surface area contributed by atoms with Gasteiger partial charge in [-0.3, -0.25) is 4.79 Å². The summed E-state index contributed by atoms with van der Waals surface area (Å²) in [5, 5.41) is 21.4. The van der Waals surface area contributed by atoms with E-state index in [-0.39, 0.29) is 29.5 Å². The molecule has 0 aliphatic heterocycles. The number of hydrogen-bond donors (Lipinski definition) is 2. The lowest BCUT2D eigenvalue weighted by Gasteiger charge is -2.59. The van der Waals surface area contributed by atoms with Gasteiger partial charge in [0.05, 0.1) is 12.2 Å². The maximum Gasteiger partial charge on any atom is 0.142 e. The van der Waals surface area contributed by atoms with Crippen molar-refractivity contribution in [2.45, 2.75) is 116 Å². The summed E-state index contributed by atoms with van der Waals surface area (Å²) in [5.74, 6) is 1.64. The van der Waals surface area contributed by atoms with Gasteiger partial charge in [-0.1, -0.05) is 58.8 Å². The lowest BCUT2D eigenvalue weighted by molar-refractivity contribution is -0.178. The molecule has 0 bridgehead atoms. The van der Waals surface area contributed by atoms with E-state index in [1.54, 1.807) is 0 Å². The molecular weight excluding hydrogens is 336 g/mol. The summed E-state index contributed by atoms with van der Waals surface area (Å²) in [6.45, 7) is 4.37. The molecular formula is C24H42O3. The second kappa shape index (κ2) is 9.39. The standard InChI is InChI=1S/C24H42O3/c1-3-4-5-9-12-19-22-18(21(26)15-16-24(22,2)23(19)27)13-14-20(25)17-10-7-6-8-11-17/h17-22,25-26H,3-16H2,1-2H3/t18-,19?,20+,21+,22-,24-/m1/s1. The summed E-state index contributed by atoms with van der Waals surface area (Å²) < 4.78 is 0. The number of hydrogen-bond acceptors (Lipinski definition) is 3. The highest BCUT2D eigenvalue weighted by atomic mass is 16.3. The van der Waals surface area contributed by atoms with Gasteiger partial charge in [0, 0.05) is 11.3 Å². The smallest absolute Gasteiger partial charge is 0.142 e. The van der Waals surface area contributed by atoms with Crippen molar-refractivity contribution in [2.24, 2.45) is 29.1 Å². The highest BCUT2D eigenvalue weighted by Gasteiger charge is 2.63. The van der Waals surface area contributed by atoms with Crippen LogP contribution in [-0.4, -0.2) is 28.2 Å². The zero-order chi connectivity index (χ0) is 19.4. The Balaban J connectivity index is 1.58. The zero-order valence-corrected chi connectivity index (χ0v) is 17.7. The molecule has 2 N–H and O–H groups in total. The maximum atomic E-state index is 12.9. The average molecular weight is 379 g/mol. The molecule has 0 saturated heterocycles. The second-order valence-corrected chi connectivity index (χ2v) is 10.1. The van der Waals surface area contributed by atoms with E-state index in [0.29, 0.717) is 17.6 Å². The third kappa shape index (κ3) is 4.45. The molecule has 3 saturated carbocycles. The van der Waals surface area contributed by atoms with Crippen molar-refractivity contribution < 1.29 is 15.0 Å². The van der Waals surface area contributed by atoms with Gasteiger partial charge in [0.2, 0.25) is 0 Å². The molecule has 1 unspecified atom stereocenters. The molecule has 0 aromatic rings. The van der Waals surface area contributed by atoms with Gasteiger partial charge in [-0.05, 0) is 62.7 Å². The summed E-state index contributed by atoms with van der Waals surface area (Å²) >= 11 is 0. The first-order chi connectivity index (χ1) is 13.0. The Hall–Kier alpha value is -0.410. The summed E-state index contributed by atoms with van der Waals surface area (Å²) in [6, 6.07) is 0. The van der Waals surface area contributed by atoms with Gasteiger partial charge in [-0.2, -0.15) is 0 Å². The molecule has 3 aliphatic carbocycles. The van der Waals surface area contributed by atoms with Gasteiger partial charge in [0.15, 0.2) is 0 Å². The largest absolute Gasteiger partial charge is 0.393 e. The van der Waals surface area contributed by atoms with E-state index in [0.717, 1.165) is 51.4 Å². The summed E-state index contributed by atoms with van der Waals surface area (Å²) in [5.41, 5.74) is -0.199. The zero-order valence-electron chi connectivity index (χ0n) is 17.7. The lowest BCUT2D eigenvalue weighted by atomic mass is 9.43. The van der Waals surface area contributed by atoms with E-state index in [2.05, 4.69) is 13.8 Å². The van der Waals surface area contributed by atoms with Crippen molar-refractivity contribution in [2.75, 3.05) is 0 Å². The van der Waals surface area contributed by atoms with Crippen molar-refractivity contribution in [3.63, 3.8) is 0 Å². The van der Waals surface area contributed by atoms with Crippen LogP contribution in [0.2, 0.25) is 0 Å². The van der Waals surface area contributed by atoms with Crippen LogP contribution in [0.15, 0.2) is 0 Å². The second-order valence-electron chi connectivity index (χ2n) is 10.1. The number of rotatable bonds is 9. The molecule has 3 rings (SSSR count). The minimum atomic E-state index is -0.284. The third-order valence-electron chi connectivity index (χ3n) is 8.34. The minimum Gasteiger partial charge on any atom is -0.393 e. The fourth-order valence-corrected chi connectivity index (χ4v) is 6.65. The van der Waals surface area contributed by atoms with Gasteiger partial charge in [-0.15, -0.1) is 0 Å². The molecule has 27 heavy (non-hydrogen) atoms. The van der Waals surface area contributed by atoms with Crippen LogP contribution in [-0.2, 0) is 4.79 Å². The first-order valence-electron chi connectivity index (χ1n) is 11.9. The van der Waals surface area contributed by atoms with Crippen molar-refractivity contribution in [1.82, 2.24) is 0 Å². The number of ketones is 1. The number of fused-ring (bicyclic) bond motifs is 1. The number of aliphatic hydroxyl groups excluding tert-OH is 2. The SMILES string of the molecule is CCCCCCC1C(=O)[C@]2(C)CC[C@H](O)[C@@H](CC[C@H](O)C3CCCCC3)[C@H]12. The van der Waals surface area contributed by atoms with E-state index < -0.39 is 0 Å². The lowest BCUT2D eigenvalue weighted by Crippen LogP contribution is -2.63. The van der Waals surface area contributed by atoms with Gasteiger partial charge < -0.3 is 10.2 Å². The molecule has 0 heterocycles. The number of aliphatic hydroxyl groups is 2. The molecule has 0 radical (unpaired) electrons. The molecule has 3 aliphatic rings. The van der Waals surface area contributed by atoms with Gasteiger partial charge in [-0.25, -0.2) is 0 Å². The Morgan fingerprint density at radius 1 is 1.07 bits per heavy atom. The van der Waals surface area contributed by atoms with Crippen LogP contribution < -0.4 is 0 Å². The average Bonchev–Trinajstić information content (AvgIpc) is 2.69. The van der Waals surface area contributed by atoms with Crippen LogP contribution in [0.4, 0.5) is 0 Å². The summed E-state index contributed by atoms with van der Waals surface area (Å²) in [6.07, 6.45) is 14.8. The molecule has 3 nitrogen and oxygen atoms in total. The highest BCUT2D eigenvalue weighted by Crippen LogP contribution is 2.60. The quantitative estimate of drug-likeness (QED) is 0.537. The van der Waals surface area contributed by atoms with Gasteiger partial charge >= 0.3 is 0 Å². The van der Waals surface area contributed by atoms with E-state index in [1.807, 2.05) is 0 Å². The van der Waals surface area contributed by atoms with Crippen molar-refractivity contribution >= 4 is 5.78 Å². The Bertz CT molecular complexity index is 484. The molecule has 156 valence electrons.